The highest BCUT2D eigenvalue weighted by Crippen LogP contribution is 2.34. The molecule has 13 heteroatoms. The van der Waals surface area contributed by atoms with Crippen molar-refractivity contribution in [2.24, 2.45) is 17.3 Å². The normalized spacial score (nSPS) is 16.9. The van der Waals surface area contributed by atoms with Gasteiger partial charge in [0.2, 0.25) is 12.3 Å². The van der Waals surface area contributed by atoms with Crippen LogP contribution in [0.4, 0.5) is 13.2 Å². The van der Waals surface area contributed by atoms with Crippen LogP contribution in [-0.2, 0) is 14.4 Å². The predicted molar refractivity (Wildman–Crippen MR) is 137 cm³/mol. The van der Waals surface area contributed by atoms with Gasteiger partial charge in [0.05, 0.1) is 29.4 Å². The van der Waals surface area contributed by atoms with E-state index in [0.29, 0.717) is 35.6 Å². The molecule has 210 valence electrons. The fraction of sp³-hybridized carbons (Fsp3) is 0.560. The van der Waals surface area contributed by atoms with Crippen LogP contribution in [0.1, 0.15) is 53.1 Å². The Morgan fingerprint density at radius 2 is 1.95 bits per heavy atom. The van der Waals surface area contributed by atoms with Crippen molar-refractivity contribution in [2.45, 2.75) is 53.8 Å². The van der Waals surface area contributed by atoms with Crippen LogP contribution < -0.4 is 10.6 Å². The highest BCUT2D eigenvalue weighted by molar-refractivity contribution is 6.34. The van der Waals surface area contributed by atoms with Gasteiger partial charge in [-0.2, -0.15) is 23.5 Å². The van der Waals surface area contributed by atoms with Crippen molar-refractivity contribution >= 4 is 35.3 Å². The van der Waals surface area contributed by atoms with Gasteiger partial charge < -0.3 is 15.5 Å². The number of rotatable bonds is 5. The summed E-state index contributed by atoms with van der Waals surface area (Å²) in [6.45, 7) is 12.9. The number of carbonyl (C=O) groups excluding carboxylic acids is 3. The molecule has 0 aliphatic carbocycles. The lowest BCUT2D eigenvalue weighted by Crippen LogP contribution is -2.44. The van der Waals surface area contributed by atoms with Gasteiger partial charge >= 0.3 is 12.1 Å². The van der Waals surface area contributed by atoms with Crippen molar-refractivity contribution in [2.75, 3.05) is 19.6 Å². The Morgan fingerprint density at radius 3 is 2.42 bits per heavy atom. The summed E-state index contributed by atoms with van der Waals surface area (Å²) >= 11 is 6.02. The average molecular weight is 559 g/mol. The third kappa shape index (κ3) is 9.52. The molecule has 0 spiro atoms. The van der Waals surface area contributed by atoms with E-state index in [2.05, 4.69) is 31.2 Å². The van der Waals surface area contributed by atoms with E-state index in [1.165, 1.54) is 11.1 Å². The molecule has 0 radical (unpaired) electrons. The lowest BCUT2D eigenvalue weighted by molar-refractivity contribution is -0.174. The Morgan fingerprint density at radius 1 is 1.34 bits per heavy atom. The maximum absolute atomic E-state index is 11.9. The number of aromatic nitrogens is 2. The van der Waals surface area contributed by atoms with Crippen molar-refractivity contribution in [1.82, 2.24) is 25.1 Å². The first-order valence-electron chi connectivity index (χ1n) is 11.9. The van der Waals surface area contributed by atoms with Crippen molar-refractivity contribution in [3.8, 4) is 6.07 Å². The van der Waals surface area contributed by atoms with Crippen molar-refractivity contribution in [3.05, 3.63) is 35.1 Å². The molecule has 0 saturated carbocycles. The maximum atomic E-state index is 11.9. The number of halogens is 4. The predicted octanol–water partition coefficient (Wildman–Crippen LogP) is 4.13. The monoisotopic (exact) mass is 558 g/mol. The second-order valence-corrected chi connectivity index (χ2v) is 10.6. The molecule has 0 bridgehead atoms. The van der Waals surface area contributed by atoms with E-state index in [-0.39, 0.29) is 11.3 Å². The zero-order valence-corrected chi connectivity index (χ0v) is 23.0. The zero-order valence-electron chi connectivity index (χ0n) is 22.3. The quantitative estimate of drug-likeness (QED) is 0.535. The summed E-state index contributed by atoms with van der Waals surface area (Å²) in [6.07, 6.45) is -1.22. The molecular formula is C25H34ClF3N6O3. The Labute approximate surface area is 225 Å². The number of carbonyl (C=O) groups is 3. The second-order valence-electron chi connectivity index (χ2n) is 10.2. The number of hydrogen-bond acceptors (Lipinski definition) is 5. The van der Waals surface area contributed by atoms with E-state index in [0.717, 1.165) is 5.92 Å². The number of hydrogen-bond donors (Lipinski definition) is 2. The minimum Gasteiger partial charge on any atom is -0.340 e. The molecule has 2 aromatic rings. The van der Waals surface area contributed by atoms with Crippen LogP contribution in [0.5, 0.6) is 0 Å². The summed E-state index contributed by atoms with van der Waals surface area (Å²) in [5, 5.41) is 17.5. The fourth-order valence-corrected chi connectivity index (χ4v) is 3.62. The van der Waals surface area contributed by atoms with Crippen molar-refractivity contribution < 1.29 is 27.6 Å². The van der Waals surface area contributed by atoms with E-state index in [1.54, 1.807) is 28.2 Å². The SMILES string of the molecule is CC(C)C.CC1CN(C(=O)CNC(=O)C(F)(F)F)CC1(C)C.N#CC(NC=O)c1cnn2cccc(Cl)c12. The molecular weight excluding hydrogens is 525 g/mol. The molecule has 9 nitrogen and oxygen atoms in total. The highest BCUT2D eigenvalue weighted by atomic mass is 35.5. The van der Waals surface area contributed by atoms with Crippen LogP contribution in [-0.4, -0.2) is 58.5 Å². The average Bonchev–Trinajstić information content (AvgIpc) is 3.36. The Hall–Kier alpha value is -3.33. The Bertz CT molecular complexity index is 1140. The molecule has 3 amide bonds. The summed E-state index contributed by atoms with van der Waals surface area (Å²) in [7, 11) is 0. The zero-order chi connectivity index (χ0) is 29.3. The standard InChI is InChI=1S/C11H17F3N2O2.C10H7ClN4O.C4H10/c1-7-5-16(6-10(7,2)3)8(17)4-15-9(18)11(12,13)14;11-8-2-1-3-15-10(8)7(5-14-15)9(4-12)13-6-16;1-4(2)3/h7H,4-6H2,1-3H3,(H,15,18);1-3,5-6,9H,(H,13,16);4H,1-3H3. The van der Waals surface area contributed by atoms with E-state index in [4.69, 9.17) is 16.9 Å². The summed E-state index contributed by atoms with van der Waals surface area (Å²) < 4.78 is 37.3. The molecule has 1 aliphatic heterocycles. The van der Waals surface area contributed by atoms with E-state index in [1.807, 2.05) is 26.8 Å². The highest BCUT2D eigenvalue weighted by Gasteiger charge is 2.41. The molecule has 2 aromatic heterocycles. The molecule has 3 rings (SSSR count). The lowest BCUT2D eigenvalue weighted by atomic mass is 9.84. The first-order valence-corrected chi connectivity index (χ1v) is 12.3. The molecule has 3 heterocycles. The van der Waals surface area contributed by atoms with Gasteiger partial charge in [0, 0.05) is 24.8 Å². The maximum Gasteiger partial charge on any atom is 0.471 e. The minimum absolute atomic E-state index is 0.0519. The fourth-order valence-electron chi connectivity index (χ4n) is 3.35. The van der Waals surface area contributed by atoms with Gasteiger partial charge in [-0.05, 0) is 29.4 Å². The Kier molecular flexibility index (Phi) is 12.0. The number of amides is 3. The summed E-state index contributed by atoms with van der Waals surface area (Å²) in [5.74, 6) is -1.45. The number of nitrogens with zero attached hydrogens (tertiary/aromatic N) is 4. The van der Waals surface area contributed by atoms with E-state index < -0.39 is 30.6 Å². The van der Waals surface area contributed by atoms with Crippen LogP contribution in [0.25, 0.3) is 5.52 Å². The van der Waals surface area contributed by atoms with Gasteiger partial charge in [-0.25, -0.2) is 4.52 Å². The molecule has 1 saturated heterocycles. The molecule has 38 heavy (non-hydrogen) atoms. The number of likely N-dealkylation sites (tertiary alicyclic amines) is 1. The van der Waals surface area contributed by atoms with Crippen LogP contribution in [0.15, 0.2) is 24.5 Å². The van der Waals surface area contributed by atoms with Crippen LogP contribution in [0.2, 0.25) is 5.02 Å². The first-order chi connectivity index (χ1) is 17.5. The number of fused-ring (bicyclic) bond motifs is 1. The topological polar surface area (TPSA) is 120 Å². The molecule has 2 N–H and O–H groups in total. The number of pyridine rings is 1. The van der Waals surface area contributed by atoms with Crippen LogP contribution >= 0.6 is 11.6 Å². The first kappa shape index (κ1) is 32.7. The third-order valence-electron chi connectivity index (χ3n) is 5.63. The van der Waals surface area contributed by atoms with E-state index >= 15 is 0 Å². The largest absolute Gasteiger partial charge is 0.471 e. The van der Waals surface area contributed by atoms with Gasteiger partial charge in [-0.3, -0.25) is 14.4 Å². The molecule has 2 atom stereocenters. The molecule has 2 unspecified atom stereocenters. The number of alkyl halides is 3. The smallest absolute Gasteiger partial charge is 0.340 e. The van der Waals surface area contributed by atoms with Gasteiger partial charge in [-0.15, -0.1) is 0 Å². The van der Waals surface area contributed by atoms with E-state index in [9.17, 15) is 27.6 Å². The van der Waals surface area contributed by atoms with Crippen LogP contribution in [0.3, 0.4) is 0 Å². The van der Waals surface area contributed by atoms with Crippen LogP contribution in [0, 0.1) is 28.6 Å². The number of nitrogens with one attached hydrogen (secondary N) is 2. The molecule has 0 aromatic carbocycles. The third-order valence-corrected chi connectivity index (χ3v) is 5.94. The Balaban J connectivity index is 0.000000335. The summed E-state index contributed by atoms with van der Waals surface area (Å²) in [5.41, 5.74) is 1.16. The summed E-state index contributed by atoms with van der Waals surface area (Å²) in [6, 6.07) is 4.69. The van der Waals surface area contributed by atoms with Crippen molar-refractivity contribution in [3.63, 3.8) is 0 Å². The van der Waals surface area contributed by atoms with Gasteiger partial charge in [-0.1, -0.05) is 53.1 Å². The summed E-state index contributed by atoms with van der Waals surface area (Å²) in [4.78, 5) is 34.1. The van der Waals surface area contributed by atoms with Gasteiger partial charge in [0.15, 0.2) is 0 Å². The second kappa shape index (κ2) is 14.0. The number of nitriles is 1. The van der Waals surface area contributed by atoms with Crippen molar-refractivity contribution in [1.29, 1.82) is 5.26 Å². The lowest BCUT2D eigenvalue weighted by Gasteiger charge is -2.22. The van der Waals surface area contributed by atoms with Gasteiger partial charge in [0.1, 0.15) is 6.04 Å². The van der Waals surface area contributed by atoms with Gasteiger partial charge in [0.25, 0.3) is 0 Å². The molecule has 1 fully saturated rings. The minimum atomic E-state index is -4.95. The molecule has 1 aliphatic rings.